The molecule has 0 aromatic heterocycles. The molecule has 13 heavy (non-hydrogen) atoms. The lowest BCUT2D eigenvalue weighted by Crippen LogP contribution is -2.22. The maximum absolute atomic E-state index is 11.0. The monoisotopic (exact) mass is 184 g/mol. The van der Waals surface area contributed by atoms with Crippen LogP contribution in [0.25, 0.3) is 0 Å². The Labute approximate surface area is 76.5 Å². The highest BCUT2D eigenvalue weighted by Crippen LogP contribution is 2.10. The Hall–Kier alpha value is -1.16. The zero-order valence-electron chi connectivity index (χ0n) is 7.54. The fourth-order valence-corrected chi connectivity index (χ4v) is 0.928. The van der Waals surface area contributed by atoms with E-state index in [4.69, 9.17) is 4.74 Å². The van der Waals surface area contributed by atoms with Crippen molar-refractivity contribution in [1.82, 2.24) is 0 Å². The number of rotatable bonds is 4. The fraction of sp³-hybridized carbons (Fsp3) is 0.556. The van der Waals surface area contributed by atoms with Gasteiger partial charge in [-0.05, 0) is 12.5 Å². The van der Waals surface area contributed by atoms with Gasteiger partial charge in [-0.3, -0.25) is 4.79 Å². The first-order valence-electron chi connectivity index (χ1n) is 4.08. The molecule has 0 aliphatic carbocycles. The zero-order chi connectivity index (χ0) is 9.84. The molecule has 1 atom stereocenters. The van der Waals surface area contributed by atoms with Crippen LogP contribution in [0.15, 0.2) is 12.2 Å². The number of carbonyl (C=O) groups is 2. The van der Waals surface area contributed by atoms with Gasteiger partial charge in [0.1, 0.15) is 6.61 Å². The summed E-state index contributed by atoms with van der Waals surface area (Å²) in [6.45, 7) is 5.37. The first-order chi connectivity index (χ1) is 6.11. The summed E-state index contributed by atoms with van der Waals surface area (Å²) in [6, 6.07) is 0. The summed E-state index contributed by atoms with van der Waals surface area (Å²) >= 11 is 0. The van der Waals surface area contributed by atoms with Gasteiger partial charge >= 0.3 is 5.97 Å². The van der Waals surface area contributed by atoms with E-state index in [-0.39, 0.29) is 18.4 Å². The third-order valence-corrected chi connectivity index (χ3v) is 1.78. The van der Waals surface area contributed by atoms with E-state index < -0.39 is 6.10 Å². The average molecular weight is 184 g/mol. The fourth-order valence-electron chi connectivity index (χ4n) is 0.928. The van der Waals surface area contributed by atoms with Crippen LogP contribution in [0.1, 0.15) is 13.3 Å². The number of ketones is 1. The first kappa shape index (κ1) is 9.92. The lowest BCUT2D eigenvalue weighted by atomic mass is 10.2. The molecule has 0 amide bonds. The van der Waals surface area contributed by atoms with E-state index in [2.05, 4.69) is 11.3 Å². The topological polar surface area (TPSA) is 52.6 Å². The first-order valence-corrected chi connectivity index (χ1v) is 4.08. The van der Waals surface area contributed by atoms with E-state index >= 15 is 0 Å². The van der Waals surface area contributed by atoms with Crippen molar-refractivity contribution in [2.75, 3.05) is 13.2 Å². The minimum Gasteiger partial charge on any atom is -0.464 e. The Bertz CT molecular complexity index is 244. The highest BCUT2D eigenvalue weighted by molar-refractivity contribution is 5.95. The number of ether oxygens (including phenoxy) is 2. The quantitative estimate of drug-likeness (QED) is 0.470. The van der Waals surface area contributed by atoms with E-state index in [0.717, 1.165) is 0 Å². The Kier molecular flexibility index (Phi) is 3.19. The number of cyclic esters (lactones) is 1. The van der Waals surface area contributed by atoms with E-state index in [1.165, 1.54) is 0 Å². The molecule has 0 spiro atoms. The molecular weight excluding hydrogens is 172 g/mol. The normalized spacial score (nSPS) is 21.3. The van der Waals surface area contributed by atoms with Crippen molar-refractivity contribution in [2.45, 2.75) is 19.4 Å². The van der Waals surface area contributed by atoms with Gasteiger partial charge in [0, 0.05) is 6.42 Å². The van der Waals surface area contributed by atoms with Gasteiger partial charge in [0.2, 0.25) is 0 Å². The zero-order valence-corrected chi connectivity index (χ0v) is 7.54. The number of hydrogen-bond acceptors (Lipinski definition) is 4. The van der Waals surface area contributed by atoms with Gasteiger partial charge in [0.15, 0.2) is 11.9 Å². The van der Waals surface area contributed by atoms with Crippen LogP contribution < -0.4 is 0 Å². The van der Waals surface area contributed by atoms with Crippen LogP contribution >= 0.6 is 0 Å². The smallest absolute Gasteiger partial charge is 0.335 e. The maximum Gasteiger partial charge on any atom is 0.335 e. The largest absolute Gasteiger partial charge is 0.464 e. The van der Waals surface area contributed by atoms with Crippen LogP contribution in [0.4, 0.5) is 0 Å². The Morgan fingerprint density at radius 2 is 2.46 bits per heavy atom. The molecule has 1 saturated heterocycles. The lowest BCUT2D eigenvalue weighted by molar-refractivity contribution is -0.148. The number of hydrogen-bond donors (Lipinski definition) is 0. The third-order valence-electron chi connectivity index (χ3n) is 1.78. The second kappa shape index (κ2) is 4.18. The van der Waals surface area contributed by atoms with Gasteiger partial charge in [0.25, 0.3) is 0 Å². The molecule has 1 heterocycles. The minimum absolute atomic E-state index is 0.0882. The van der Waals surface area contributed by atoms with Crippen LogP contribution in [0.2, 0.25) is 0 Å². The van der Waals surface area contributed by atoms with Crippen molar-refractivity contribution >= 4 is 11.8 Å². The average Bonchev–Trinajstić information content (AvgIpc) is 2.47. The van der Waals surface area contributed by atoms with Crippen molar-refractivity contribution in [1.29, 1.82) is 0 Å². The van der Waals surface area contributed by atoms with Crippen molar-refractivity contribution < 1.29 is 19.1 Å². The van der Waals surface area contributed by atoms with Crippen LogP contribution in [-0.2, 0) is 19.1 Å². The summed E-state index contributed by atoms with van der Waals surface area (Å²) in [4.78, 5) is 21.9. The minimum atomic E-state index is -0.566. The predicted octanol–water partition coefficient (Wildman–Crippen LogP) is 0.464. The molecule has 1 aliphatic rings. The molecule has 0 radical (unpaired) electrons. The standard InChI is InChI=1S/C9H12O4/c1-6(2)7(10)5-13-8-3-4-12-9(8)11/h8H,1,3-5H2,2H3. The van der Waals surface area contributed by atoms with Crippen LogP contribution in [-0.4, -0.2) is 31.1 Å². The molecule has 1 aliphatic heterocycles. The SMILES string of the molecule is C=C(C)C(=O)COC1CCOC1=O. The van der Waals surface area contributed by atoms with Gasteiger partial charge in [-0.2, -0.15) is 0 Å². The maximum atomic E-state index is 11.0. The molecule has 0 aromatic rings. The molecule has 0 bridgehead atoms. The van der Waals surface area contributed by atoms with E-state index in [9.17, 15) is 9.59 Å². The van der Waals surface area contributed by atoms with Crippen molar-refractivity contribution in [3.8, 4) is 0 Å². The molecule has 4 nitrogen and oxygen atoms in total. The molecule has 4 heteroatoms. The molecular formula is C9H12O4. The van der Waals surface area contributed by atoms with Crippen molar-refractivity contribution in [3.63, 3.8) is 0 Å². The van der Waals surface area contributed by atoms with E-state index in [1.54, 1.807) is 6.92 Å². The second-order valence-corrected chi connectivity index (χ2v) is 2.96. The summed E-state index contributed by atoms with van der Waals surface area (Å²) < 4.78 is 9.71. The van der Waals surface area contributed by atoms with E-state index in [0.29, 0.717) is 18.6 Å². The van der Waals surface area contributed by atoms with Gasteiger partial charge in [-0.15, -0.1) is 0 Å². The number of carbonyl (C=O) groups excluding carboxylic acids is 2. The van der Waals surface area contributed by atoms with Gasteiger partial charge in [-0.25, -0.2) is 4.79 Å². The van der Waals surface area contributed by atoms with Crippen LogP contribution in [0, 0.1) is 0 Å². The molecule has 0 saturated carbocycles. The Morgan fingerprint density at radius 1 is 1.77 bits per heavy atom. The number of esters is 1. The summed E-state index contributed by atoms with van der Waals surface area (Å²) in [5.74, 6) is -0.561. The van der Waals surface area contributed by atoms with Gasteiger partial charge < -0.3 is 9.47 Å². The highest BCUT2D eigenvalue weighted by atomic mass is 16.6. The van der Waals surface area contributed by atoms with Crippen LogP contribution in [0.3, 0.4) is 0 Å². The van der Waals surface area contributed by atoms with Crippen LogP contribution in [0.5, 0.6) is 0 Å². The Morgan fingerprint density at radius 3 is 2.92 bits per heavy atom. The molecule has 1 fully saturated rings. The Balaban J connectivity index is 2.30. The molecule has 72 valence electrons. The second-order valence-electron chi connectivity index (χ2n) is 2.96. The summed E-state index contributed by atoms with van der Waals surface area (Å²) in [5, 5.41) is 0. The van der Waals surface area contributed by atoms with Crippen molar-refractivity contribution in [3.05, 3.63) is 12.2 Å². The van der Waals surface area contributed by atoms with E-state index in [1.807, 2.05) is 0 Å². The molecule has 1 unspecified atom stereocenters. The molecule has 0 aromatic carbocycles. The molecule has 0 N–H and O–H groups in total. The summed E-state index contributed by atoms with van der Waals surface area (Å²) in [6.07, 6.45) is -0.0363. The molecule has 1 rings (SSSR count). The van der Waals surface area contributed by atoms with Gasteiger partial charge in [-0.1, -0.05) is 6.58 Å². The number of Topliss-reactive ketones (excluding diaryl/α,β-unsaturated/α-hetero) is 1. The predicted molar refractivity (Wildman–Crippen MR) is 45.1 cm³/mol. The summed E-state index contributed by atoms with van der Waals surface area (Å²) in [7, 11) is 0. The lowest BCUT2D eigenvalue weighted by Gasteiger charge is -2.06. The van der Waals surface area contributed by atoms with Crippen molar-refractivity contribution in [2.24, 2.45) is 0 Å². The summed E-state index contributed by atoms with van der Waals surface area (Å²) in [5.41, 5.74) is 0.436. The highest BCUT2D eigenvalue weighted by Gasteiger charge is 2.27. The third kappa shape index (κ3) is 2.66. The van der Waals surface area contributed by atoms with Gasteiger partial charge in [0.05, 0.1) is 6.61 Å².